The maximum atomic E-state index is 12.6. The van der Waals surface area contributed by atoms with Crippen molar-refractivity contribution in [1.29, 1.82) is 0 Å². The molecule has 11 nitrogen and oxygen atoms in total. The Morgan fingerprint density at radius 1 is 0.692 bits per heavy atom. The van der Waals surface area contributed by atoms with E-state index in [9.17, 15) is 19.2 Å². The Bertz CT molecular complexity index is 966. The molecule has 0 fully saturated rings. The lowest BCUT2D eigenvalue weighted by Gasteiger charge is -2.23. The molecule has 1 aromatic rings. The molecule has 11 heteroatoms. The fourth-order valence-electron chi connectivity index (χ4n) is 2.83. The number of rotatable bonds is 14. The highest BCUT2D eigenvalue weighted by molar-refractivity contribution is 5.76. The summed E-state index contributed by atoms with van der Waals surface area (Å²) in [6.45, 7) is 14.0. The van der Waals surface area contributed by atoms with Gasteiger partial charge in [-0.15, -0.1) is 0 Å². The number of carbonyl (C=O) groups is 4. The third kappa shape index (κ3) is 11.9. The average molecular weight is 554 g/mol. The van der Waals surface area contributed by atoms with E-state index >= 15 is 0 Å². The number of nitrogens with two attached hydrogens (primary N) is 1. The van der Waals surface area contributed by atoms with E-state index in [-0.39, 0.29) is 35.9 Å². The van der Waals surface area contributed by atoms with Crippen LogP contribution >= 0.6 is 0 Å². The van der Waals surface area contributed by atoms with Crippen molar-refractivity contribution >= 4 is 24.2 Å². The van der Waals surface area contributed by atoms with Crippen molar-refractivity contribution in [1.82, 2.24) is 0 Å². The van der Waals surface area contributed by atoms with E-state index < -0.39 is 42.6 Å². The fourth-order valence-corrected chi connectivity index (χ4v) is 2.83. The maximum absolute atomic E-state index is 12.6. The first-order chi connectivity index (χ1) is 18.3. The van der Waals surface area contributed by atoms with Gasteiger partial charge in [-0.3, -0.25) is 9.59 Å². The van der Waals surface area contributed by atoms with Gasteiger partial charge >= 0.3 is 24.2 Å². The maximum Gasteiger partial charge on any atom is 0.514 e. The average Bonchev–Trinajstić information content (AvgIpc) is 2.88. The molecule has 39 heavy (non-hydrogen) atoms. The second-order valence-corrected chi connectivity index (χ2v) is 9.56. The first-order valence-corrected chi connectivity index (χ1v) is 13.4. The van der Waals surface area contributed by atoms with Crippen LogP contribution in [0, 0.1) is 5.92 Å². The summed E-state index contributed by atoms with van der Waals surface area (Å²) < 4.78 is 31.6. The summed E-state index contributed by atoms with van der Waals surface area (Å²) in [4.78, 5) is 49.0. The molecule has 0 aromatic heterocycles. The molecule has 0 aliphatic carbocycles. The summed E-state index contributed by atoms with van der Waals surface area (Å²) in [6.07, 6.45) is -2.29. The van der Waals surface area contributed by atoms with Crippen molar-refractivity contribution in [2.45, 2.75) is 112 Å². The highest BCUT2D eigenvalue weighted by atomic mass is 16.7. The topological polar surface area (TPSA) is 150 Å². The molecule has 0 radical (unpaired) electrons. The van der Waals surface area contributed by atoms with Crippen LogP contribution in [0.3, 0.4) is 0 Å². The minimum atomic E-state index is -1.08. The third-order valence-corrected chi connectivity index (χ3v) is 6.18. The Hall–Kier alpha value is -3.34. The molecule has 0 amide bonds. The Morgan fingerprint density at radius 3 is 1.67 bits per heavy atom. The van der Waals surface area contributed by atoms with Crippen LogP contribution in [0.2, 0.25) is 0 Å². The van der Waals surface area contributed by atoms with Gasteiger partial charge in [0, 0.05) is 0 Å². The summed E-state index contributed by atoms with van der Waals surface area (Å²) in [7, 11) is 0. The molecular weight excluding hydrogens is 510 g/mol. The van der Waals surface area contributed by atoms with E-state index in [1.54, 1.807) is 40.7 Å². The largest absolute Gasteiger partial charge is 0.514 e. The molecule has 0 bridgehead atoms. The molecule has 3 unspecified atom stereocenters. The van der Waals surface area contributed by atoms with Gasteiger partial charge in [0.05, 0.1) is 5.92 Å². The zero-order valence-corrected chi connectivity index (χ0v) is 24.2. The second kappa shape index (κ2) is 16.6. The van der Waals surface area contributed by atoms with Crippen molar-refractivity contribution in [2.24, 2.45) is 11.7 Å². The first-order valence-electron chi connectivity index (χ1n) is 13.4. The monoisotopic (exact) mass is 553 g/mol. The summed E-state index contributed by atoms with van der Waals surface area (Å²) in [5.74, 6) is -1.52. The van der Waals surface area contributed by atoms with Crippen molar-refractivity contribution in [2.75, 3.05) is 0 Å². The van der Waals surface area contributed by atoms with E-state index in [0.717, 1.165) is 0 Å². The van der Waals surface area contributed by atoms with Gasteiger partial charge in [-0.05, 0) is 71.1 Å². The van der Waals surface area contributed by atoms with E-state index in [0.29, 0.717) is 24.8 Å². The van der Waals surface area contributed by atoms with Gasteiger partial charge in [0.2, 0.25) is 0 Å². The quantitative estimate of drug-likeness (QED) is 0.186. The van der Waals surface area contributed by atoms with Crippen LogP contribution in [0.5, 0.6) is 11.5 Å². The lowest BCUT2D eigenvalue weighted by molar-refractivity contribution is -0.168. The highest BCUT2D eigenvalue weighted by Crippen LogP contribution is 2.30. The zero-order chi connectivity index (χ0) is 29.7. The minimum Gasteiger partial charge on any atom is -0.459 e. The van der Waals surface area contributed by atoms with Gasteiger partial charge in [-0.1, -0.05) is 33.8 Å². The molecule has 0 heterocycles. The van der Waals surface area contributed by atoms with Gasteiger partial charge in [0.15, 0.2) is 11.5 Å². The summed E-state index contributed by atoms with van der Waals surface area (Å²) in [5, 5.41) is 0. The Kier molecular flexibility index (Phi) is 14.3. The molecule has 0 saturated carbocycles. The number of hydrogen-bond donors (Lipinski definition) is 1. The van der Waals surface area contributed by atoms with Crippen molar-refractivity contribution in [3.63, 3.8) is 0 Å². The lowest BCUT2D eigenvalue weighted by atomic mass is 10.1. The van der Waals surface area contributed by atoms with Crippen LogP contribution in [0.4, 0.5) is 9.59 Å². The lowest BCUT2D eigenvalue weighted by Crippen LogP contribution is -2.40. The number of benzene rings is 1. The van der Waals surface area contributed by atoms with Gasteiger partial charge in [0.1, 0.15) is 30.5 Å². The molecule has 6 atom stereocenters. The van der Waals surface area contributed by atoms with E-state index in [1.807, 2.05) is 20.8 Å². The molecule has 220 valence electrons. The fraction of sp³-hybridized carbons (Fsp3) is 0.643. The summed E-state index contributed by atoms with van der Waals surface area (Å²) >= 11 is 0. The zero-order valence-electron chi connectivity index (χ0n) is 24.2. The van der Waals surface area contributed by atoms with Gasteiger partial charge < -0.3 is 34.2 Å². The first kappa shape index (κ1) is 33.7. The SMILES string of the molecule is CCC(C)OC(=O)Oc1ccc(C[C@H](N)C(=O)O[C@@H](C)[C@H](C)OC(=O)C(C)CC)cc1OC(=O)OC(C)CC. The van der Waals surface area contributed by atoms with Crippen molar-refractivity contribution < 1.29 is 47.6 Å². The number of ether oxygens (including phenoxy) is 6. The molecule has 0 aliphatic rings. The van der Waals surface area contributed by atoms with Crippen LogP contribution in [0.15, 0.2) is 18.2 Å². The van der Waals surface area contributed by atoms with Gasteiger partial charge in [0.25, 0.3) is 0 Å². The smallest absolute Gasteiger partial charge is 0.459 e. The molecule has 2 N–H and O–H groups in total. The summed E-state index contributed by atoms with van der Waals surface area (Å²) in [5.41, 5.74) is 6.57. The van der Waals surface area contributed by atoms with Gasteiger partial charge in [-0.25, -0.2) is 9.59 Å². The van der Waals surface area contributed by atoms with Crippen LogP contribution in [0.1, 0.15) is 80.2 Å². The number of carbonyl (C=O) groups excluding carboxylic acids is 4. The molecule has 0 aliphatic heterocycles. The molecule has 0 saturated heterocycles. The standard InChI is InChI=1S/C28H43NO10/c1-9-16(4)25(30)36-19(7)20(8)37-26(31)22(29)14-21-12-13-23(38-27(32)34-17(5)10-2)24(15-21)39-28(33)35-18(6)11-3/h12-13,15-20,22H,9-11,14,29H2,1-8H3/t16?,17?,18?,19-,20-,22-/m0/s1. The molecule has 1 aromatic carbocycles. The van der Waals surface area contributed by atoms with Gasteiger partial charge in [-0.2, -0.15) is 0 Å². The summed E-state index contributed by atoms with van der Waals surface area (Å²) in [6, 6.07) is 3.30. The predicted molar refractivity (Wildman–Crippen MR) is 142 cm³/mol. The van der Waals surface area contributed by atoms with E-state index in [1.165, 1.54) is 12.1 Å². The Balaban J connectivity index is 2.96. The number of hydrogen-bond acceptors (Lipinski definition) is 11. The van der Waals surface area contributed by atoms with Crippen LogP contribution < -0.4 is 15.2 Å². The minimum absolute atomic E-state index is 0.0148. The second-order valence-electron chi connectivity index (χ2n) is 9.56. The number of esters is 2. The Morgan fingerprint density at radius 2 is 1.18 bits per heavy atom. The molecule has 0 spiro atoms. The molecular formula is C28H43NO10. The van der Waals surface area contributed by atoms with Crippen molar-refractivity contribution in [3.8, 4) is 11.5 Å². The molecule has 1 rings (SSSR count). The predicted octanol–water partition coefficient (Wildman–Crippen LogP) is 5.09. The highest BCUT2D eigenvalue weighted by Gasteiger charge is 2.26. The van der Waals surface area contributed by atoms with Crippen molar-refractivity contribution in [3.05, 3.63) is 23.8 Å². The van der Waals surface area contributed by atoms with Crippen LogP contribution in [-0.4, -0.2) is 54.7 Å². The normalized spacial score (nSPS) is 15.5. The van der Waals surface area contributed by atoms with Crippen LogP contribution in [0.25, 0.3) is 0 Å². The van der Waals surface area contributed by atoms with Crippen LogP contribution in [-0.2, 0) is 35.0 Å². The van der Waals surface area contributed by atoms with E-state index in [4.69, 9.17) is 34.2 Å². The van der Waals surface area contributed by atoms with E-state index in [2.05, 4.69) is 0 Å². The Labute approximate surface area is 230 Å². The third-order valence-electron chi connectivity index (χ3n) is 6.18.